The number of thioether (sulfide) groups is 1. The maximum absolute atomic E-state index is 13.6. The molecule has 0 fully saturated rings. The number of aryl methyl sites for hydroxylation is 1. The van der Waals surface area contributed by atoms with Crippen molar-refractivity contribution in [1.82, 2.24) is 14.9 Å². The highest BCUT2D eigenvalue weighted by molar-refractivity contribution is 7.99. The highest BCUT2D eigenvalue weighted by Crippen LogP contribution is 2.21. The first-order valence-electron chi connectivity index (χ1n) is 8.07. The molecule has 0 aliphatic heterocycles. The lowest BCUT2D eigenvalue weighted by molar-refractivity contribution is -0.119. The van der Waals surface area contributed by atoms with Gasteiger partial charge < -0.3 is 9.88 Å². The molecule has 4 nitrogen and oxygen atoms in total. The Balaban J connectivity index is 2.07. The van der Waals surface area contributed by atoms with Crippen molar-refractivity contribution in [2.75, 3.05) is 11.5 Å². The Labute approximate surface area is 146 Å². The molecule has 0 aliphatic carbocycles. The van der Waals surface area contributed by atoms with Crippen LogP contribution in [0.4, 0.5) is 4.39 Å². The van der Waals surface area contributed by atoms with E-state index < -0.39 is 6.04 Å². The molecule has 0 unspecified atom stereocenters. The number of carbonyl (C=O) groups excluding carboxylic acids is 1. The van der Waals surface area contributed by atoms with Gasteiger partial charge in [-0.3, -0.25) is 4.79 Å². The smallest absolute Gasteiger partial charge is 0.230 e. The predicted octanol–water partition coefficient (Wildman–Crippen LogP) is 3.54. The van der Waals surface area contributed by atoms with Crippen LogP contribution in [0.25, 0.3) is 0 Å². The van der Waals surface area contributed by atoms with Crippen molar-refractivity contribution >= 4 is 17.7 Å². The molecule has 1 atom stereocenters. The Morgan fingerprint density at radius 1 is 1.42 bits per heavy atom. The fourth-order valence-corrected chi connectivity index (χ4v) is 3.38. The van der Waals surface area contributed by atoms with E-state index in [1.165, 1.54) is 12.1 Å². The van der Waals surface area contributed by atoms with Crippen LogP contribution in [0.2, 0.25) is 0 Å². The second-order valence-corrected chi connectivity index (χ2v) is 7.29. The fraction of sp³-hybridized carbons (Fsp3) is 0.444. The molecular formula is C18H24FN3OS. The summed E-state index contributed by atoms with van der Waals surface area (Å²) in [5, 5.41) is 2.98. The lowest BCUT2D eigenvalue weighted by Gasteiger charge is -2.19. The third-order valence-corrected chi connectivity index (χ3v) is 4.67. The third-order valence-electron chi connectivity index (χ3n) is 3.68. The summed E-state index contributed by atoms with van der Waals surface area (Å²) < 4.78 is 15.4. The SMILES string of the molecule is CC(C)CCSCC(=O)N[C@@H](c1cccc(F)c1)c1nccn1C. The van der Waals surface area contributed by atoms with Crippen LogP contribution in [0, 0.1) is 11.7 Å². The Hall–Kier alpha value is -1.82. The Morgan fingerprint density at radius 2 is 2.21 bits per heavy atom. The van der Waals surface area contributed by atoms with Gasteiger partial charge in [0.05, 0.1) is 5.75 Å². The second-order valence-electron chi connectivity index (χ2n) is 6.19. The van der Waals surface area contributed by atoms with Crippen LogP contribution in [-0.4, -0.2) is 27.0 Å². The van der Waals surface area contributed by atoms with Crippen LogP contribution in [0.1, 0.15) is 37.7 Å². The molecule has 0 bridgehead atoms. The van der Waals surface area contributed by atoms with E-state index in [-0.39, 0.29) is 11.7 Å². The largest absolute Gasteiger partial charge is 0.341 e. The number of hydrogen-bond donors (Lipinski definition) is 1. The lowest BCUT2D eigenvalue weighted by Crippen LogP contribution is -2.32. The van der Waals surface area contributed by atoms with E-state index in [2.05, 4.69) is 24.1 Å². The molecule has 0 saturated heterocycles. The molecule has 0 saturated carbocycles. The number of rotatable bonds is 8. The summed E-state index contributed by atoms with van der Waals surface area (Å²) in [4.78, 5) is 16.6. The summed E-state index contributed by atoms with van der Waals surface area (Å²) in [6, 6.07) is 5.81. The van der Waals surface area contributed by atoms with Gasteiger partial charge in [-0.15, -0.1) is 0 Å². The monoisotopic (exact) mass is 349 g/mol. The van der Waals surface area contributed by atoms with Crippen molar-refractivity contribution < 1.29 is 9.18 Å². The number of imidazole rings is 1. The summed E-state index contributed by atoms with van der Waals surface area (Å²) in [6.45, 7) is 4.34. The first-order chi connectivity index (χ1) is 11.5. The molecule has 1 amide bonds. The zero-order chi connectivity index (χ0) is 17.5. The minimum atomic E-state index is -0.459. The standard InChI is InChI=1S/C18H24FN3OS/c1-13(2)7-10-24-12-16(23)21-17(18-20-8-9-22(18)3)14-5-4-6-15(19)11-14/h4-6,8-9,11,13,17H,7,10,12H2,1-3H3,(H,21,23)/t17-/m0/s1. The van der Waals surface area contributed by atoms with Gasteiger partial charge in [-0.2, -0.15) is 11.8 Å². The summed E-state index contributed by atoms with van der Waals surface area (Å²) >= 11 is 1.62. The van der Waals surface area contributed by atoms with E-state index in [1.807, 2.05) is 17.8 Å². The van der Waals surface area contributed by atoms with Crippen molar-refractivity contribution in [2.45, 2.75) is 26.3 Å². The molecule has 0 radical (unpaired) electrons. The molecular weight excluding hydrogens is 325 g/mol. The first kappa shape index (κ1) is 18.5. The van der Waals surface area contributed by atoms with Crippen LogP contribution in [-0.2, 0) is 11.8 Å². The summed E-state index contributed by atoms with van der Waals surface area (Å²) in [6.07, 6.45) is 4.57. The number of carbonyl (C=O) groups is 1. The zero-order valence-electron chi connectivity index (χ0n) is 14.3. The molecule has 0 aliphatic rings. The van der Waals surface area contributed by atoms with Gasteiger partial charge in [0.1, 0.15) is 17.7 Å². The Kier molecular flexibility index (Phi) is 6.85. The number of amides is 1. The van der Waals surface area contributed by atoms with Crippen LogP contribution in [0.5, 0.6) is 0 Å². The number of aromatic nitrogens is 2. The molecule has 6 heteroatoms. The van der Waals surface area contributed by atoms with Crippen LogP contribution < -0.4 is 5.32 Å². The average Bonchev–Trinajstić information content (AvgIpc) is 2.95. The van der Waals surface area contributed by atoms with Gasteiger partial charge in [-0.25, -0.2) is 9.37 Å². The van der Waals surface area contributed by atoms with E-state index in [1.54, 1.807) is 30.1 Å². The average molecular weight is 349 g/mol. The molecule has 24 heavy (non-hydrogen) atoms. The number of nitrogens with one attached hydrogen (secondary N) is 1. The van der Waals surface area contributed by atoms with Crippen molar-refractivity contribution in [3.8, 4) is 0 Å². The highest BCUT2D eigenvalue weighted by atomic mass is 32.2. The third kappa shape index (κ3) is 5.37. The molecule has 1 aromatic heterocycles. The van der Waals surface area contributed by atoms with Gasteiger partial charge in [0.15, 0.2) is 0 Å². The Bertz CT molecular complexity index is 672. The van der Waals surface area contributed by atoms with Crippen LogP contribution in [0.15, 0.2) is 36.7 Å². The van der Waals surface area contributed by atoms with E-state index in [0.717, 1.165) is 12.2 Å². The molecule has 1 N–H and O–H groups in total. The molecule has 1 heterocycles. The number of hydrogen-bond acceptors (Lipinski definition) is 3. The van der Waals surface area contributed by atoms with Gasteiger partial charge in [0.2, 0.25) is 5.91 Å². The summed E-state index contributed by atoms with van der Waals surface area (Å²) in [7, 11) is 1.86. The van der Waals surface area contributed by atoms with Gasteiger partial charge in [-0.1, -0.05) is 26.0 Å². The van der Waals surface area contributed by atoms with Crippen molar-refractivity contribution in [3.05, 3.63) is 53.9 Å². The Morgan fingerprint density at radius 3 is 2.83 bits per heavy atom. The van der Waals surface area contributed by atoms with E-state index in [4.69, 9.17) is 0 Å². The normalized spacial score (nSPS) is 12.4. The number of benzene rings is 1. The predicted molar refractivity (Wildman–Crippen MR) is 96.4 cm³/mol. The molecule has 130 valence electrons. The summed E-state index contributed by atoms with van der Waals surface area (Å²) in [5.41, 5.74) is 0.685. The molecule has 2 aromatic rings. The number of nitrogens with zero attached hydrogens (tertiary/aromatic N) is 2. The lowest BCUT2D eigenvalue weighted by atomic mass is 10.1. The minimum Gasteiger partial charge on any atom is -0.341 e. The topological polar surface area (TPSA) is 46.9 Å². The van der Waals surface area contributed by atoms with Crippen molar-refractivity contribution in [3.63, 3.8) is 0 Å². The second kappa shape index (κ2) is 8.87. The quantitative estimate of drug-likeness (QED) is 0.742. The van der Waals surface area contributed by atoms with Crippen LogP contribution in [0.3, 0.4) is 0 Å². The van der Waals surface area contributed by atoms with Crippen molar-refractivity contribution in [2.24, 2.45) is 13.0 Å². The van der Waals surface area contributed by atoms with E-state index in [9.17, 15) is 9.18 Å². The van der Waals surface area contributed by atoms with E-state index >= 15 is 0 Å². The molecule has 2 rings (SSSR count). The number of halogens is 1. The fourth-order valence-electron chi connectivity index (χ4n) is 2.32. The maximum Gasteiger partial charge on any atom is 0.230 e. The molecule has 1 aromatic carbocycles. The minimum absolute atomic E-state index is 0.0685. The van der Waals surface area contributed by atoms with Gasteiger partial charge in [-0.05, 0) is 35.8 Å². The highest BCUT2D eigenvalue weighted by Gasteiger charge is 2.21. The molecule has 0 spiro atoms. The first-order valence-corrected chi connectivity index (χ1v) is 9.22. The van der Waals surface area contributed by atoms with Crippen LogP contribution >= 0.6 is 11.8 Å². The van der Waals surface area contributed by atoms with Gasteiger partial charge in [0, 0.05) is 19.4 Å². The van der Waals surface area contributed by atoms with Gasteiger partial charge >= 0.3 is 0 Å². The summed E-state index contributed by atoms with van der Waals surface area (Å²) in [5.74, 6) is 2.27. The zero-order valence-corrected chi connectivity index (χ0v) is 15.1. The van der Waals surface area contributed by atoms with Crippen molar-refractivity contribution in [1.29, 1.82) is 0 Å². The van der Waals surface area contributed by atoms with E-state index in [0.29, 0.717) is 23.1 Å². The maximum atomic E-state index is 13.6. The van der Waals surface area contributed by atoms with Gasteiger partial charge in [0.25, 0.3) is 0 Å².